The maximum absolute atomic E-state index is 11.3. The van der Waals surface area contributed by atoms with Gasteiger partial charge in [-0.25, -0.2) is 0 Å². The van der Waals surface area contributed by atoms with Crippen molar-refractivity contribution in [2.24, 2.45) is 0 Å². The van der Waals surface area contributed by atoms with Crippen LogP contribution >= 0.6 is 0 Å². The molecule has 1 aliphatic rings. The van der Waals surface area contributed by atoms with Gasteiger partial charge in [0.25, 0.3) is 0 Å². The molecule has 0 aliphatic carbocycles. The van der Waals surface area contributed by atoms with E-state index in [0.717, 1.165) is 0 Å². The van der Waals surface area contributed by atoms with E-state index in [0.29, 0.717) is 0 Å². The van der Waals surface area contributed by atoms with Crippen molar-refractivity contribution in [2.45, 2.75) is 37.6 Å². The van der Waals surface area contributed by atoms with E-state index in [1.165, 1.54) is 19.1 Å². The van der Waals surface area contributed by atoms with E-state index in [-0.39, 0.29) is 11.3 Å². The number of aromatic hydroxyl groups is 2. The van der Waals surface area contributed by atoms with Gasteiger partial charge < -0.3 is 40.1 Å². The van der Waals surface area contributed by atoms with Crippen molar-refractivity contribution >= 4 is 5.78 Å². The van der Waals surface area contributed by atoms with E-state index < -0.39 is 54.6 Å². The third-order valence-electron chi connectivity index (χ3n) is 3.59. The van der Waals surface area contributed by atoms with E-state index in [4.69, 9.17) is 14.6 Å². The first-order valence-electron chi connectivity index (χ1n) is 6.81. The summed E-state index contributed by atoms with van der Waals surface area (Å²) in [5, 5.41) is 57.9. The number of phenols is 2. The Morgan fingerprint density at radius 3 is 2.35 bits per heavy atom. The number of aliphatic hydroxyl groups excluding tert-OH is 4. The highest BCUT2D eigenvalue weighted by atomic mass is 16.7. The van der Waals surface area contributed by atoms with Crippen molar-refractivity contribution in [3.63, 3.8) is 0 Å². The number of carbonyl (C=O) groups excluding carboxylic acids is 1. The van der Waals surface area contributed by atoms with Crippen molar-refractivity contribution in [1.29, 1.82) is 0 Å². The molecule has 1 fully saturated rings. The molecule has 0 bridgehead atoms. The lowest BCUT2D eigenvalue weighted by Crippen LogP contribution is -2.60. The molecule has 0 amide bonds. The van der Waals surface area contributed by atoms with Crippen LogP contribution in [0.25, 0.3) is 0 Å². The molecule has 1 saturated heterocycles. The number of carbonyl (C=O) groups is 1. The average molecular weight is 330 g/mol. The van der Waals surface area contributed by atoms with Crippen molar-refractivity contribution in [3.05, 3.63) is 17.7 Å². The van der Waals surface area contributed by atoms with E-state index >= 15 is 0 Å². The third kappa shape index (κ3) is 3.23. The SMILES string of the molecule is CC(=O)c1ccc(O[C@@H]2O[C@H](CO)[C@@H](O)[C@H](O)[C@H]2O)c(O)c1O. The summed E-state index contributed by atoms with van der Waals surface area (Å²) in [6.45, 7) is 0.567. The van der Waals surface area contributed by atoms with E-state index in [1.54, 1.807) is 0 Å². The molecular weight excluding hydrogens is 312 g/mol. The first kappa shape index (κ1) is 17.4. The average Bonchev–Trinajstić information content (AvgIpc) is 2.51. The van der Waals surface area contributed by atoms with Gasteiger partial charge in [0.2, 0.25) is 12.0 Å². The Morgan fingerprint density at radius 1 is 1.13 bits per heavy atom. The van der Waals surface area contributed by atoms with E-state index in [1.807, 2.05) is 0 Å². The second-order valence-electron chi connectivity index (χ2n) is 5.18. The van der Waals surface area contributed by atoms with Crippen LogP contribution in [0.5, 0.6) is 17.2 Å². The molecular formula is C14H18O9. The summed E-state index contributed by atoms with van der Waals surface area (Å²) in [5.41, 5.74) is -0.122. The van der Waals surface area contributed by atoms with Crippen molar-refractivity contribution < 1.29 is 44.9 Å². The summed E-state index contributed by atoms with van der Waals surface area (Å²) in [5.74, 6) is -2.22. The van der Waals surface area contributed by atoms with Gasteiger partial charge >= 0.3 is 0 Å². The second kappa shape index (κ2) is 6.69. The molecule has 0 radical (unpaired) electrons. The van der Waals surface area contributed by atoms with Crippen LogP contribution < -0.4 is 4.74 Å². The maximum Gasteiger partial charge on any atom is 0.229 e. The Balaban J connectivity index is 2.24. The van der Waals surface area contributed by atoms with Crippen LogP contribution in [0.1, 0.15) is 17.3 Å². The number of aliphatic hydroxyl groups is 4. The highest BCUT2D eigenvalue weighted by Crippen LogP contribution is 2.39. The topological polar surface area (TPSA) is 157 Å². The Labute approximate surface area is 130 Å². The minimum atomic E-state index is -1.66. The molecule has 0 aromatic heterocycles. The normalized spacial score (nSPS) is 30.9. The van der Waals surface area contributed by atoms with Crippen LogP contribution in [0.2, 0.25) is 0 Å². The Morgan fingerprint density at radius 2 is 1.78 bits per heavy atom. The molecule has 0 spiro atoms. The van der Waals surface area contributed by atoms with Gasteiger partial charge in [-0.05, 0) is 19.1 Å². The fourth-order valence-corrected chi connectivity index (χ4v) is 2.23. The number of ketones is 1. The lowest BCUT2D eigenvalue weighted by molar-refractivity contribution is -0.277. The molecule has 128 valence electrons. The van der Waals surface area contributed by atoms with Crippen LogP contribution in [-0.2, 0) is 4.74 Å². The molecule has 9 heteroatoms. The zero-order valence-electron chi connectivity index (χ0n) is 12.2. The Bertz CT molecular complexity index is 586. The quantitative estimate of drug-likeness (QED) is 0.285. The first-order chi connectivity index (χ1) is 10.8. The molecule has 2 rings (SSSR count). The zero-order valence-corrected chi connectivity index (χ0v) is 12.2. The summed E-state index contributed by atoms with van der Waals surface area (Å²) in [6.07, 6.45) is -7.54. The monoisotopic (exact) mass is 330 g/mol. The number of phenolic OH excluding ortho intramolecular Hbond substituents is 2. The minimum Gasteiger partial charge on any atom is -0.504 e. The summed E-state index contributed by atoms with van der Waals surface area (Å²) >= 11 is 0. The number of ether oxygens (including phenoxy) is 2. The second-order valence-corrected chi connectivity index (χ2v) is 5.18. The molecule has 23 heavy (non-hydrogen) atoms. The van der Waals surface area contributed by atoms with Crippen LogP contribution in [0, 0.1) is 0 Å². The highest BCUT2D eigenvalue weighted by molar-refractivity contribution is 5.97. The smallest absolute Gasteiger partial charge is 0.229 e. The zero-order chi connectivity index (χ0) is 17.3. The van der Waals surface area contributed by atoms with E-state index in [9.17, 15) is 30.3 Å². The summed E-state index contributed by atoms with van der Waals surface area (Å²) in [7, 11) is 0. The van der Waals surface area contributed by atoms with Gasteiger partial charge in [-0.3, -0.25) is 4.79 Å². The van der Waals surface area contributed by atoms with Gasteiger partial charge in [0, 0.05) is 0 Å². The highest BCUT2D eigenvalue weighted by Gasteiger charge is 2.45. The van der Waals surface area contributed by atoms with Crippen LogP contribution in [0.3, 0.4) is 0 Å². The molecule has 1 aromatic carbocycles. The van der Waals surface area contributed by atoms with Gasteiger partial charge in [0.15, 0.2) is 17.3 Å². The Kier molecular flexibility index (Phi) is 5.07. The largest absolute Gasteiger partial charge is 0.504 e. The summed E-state index contributed by atoms with van der Waals surface area (Å²) < 4.78 is 10.3. The van der Waals surface area contributed by atoms with Gasteiger partial charge in [0.1, 0.15) is 24.4 Å². The molecule has 5 atom stereocenters. The predicted octanol–water partition coefficient (Wildman–Crippen LogP) is -1.52. The van der Waals surface area contributed by atoms with Gasteiger partial charge in [0.05, 0.1) is 12.2 Å². The molecule has 1 heterocycles. The van der Waals surface area contributed by atoms with Crippen LogP contribution in [-0.4, -0.2) is 73.7 Å². The van der Waals surface area contributed by atoms with Crippen molar-refractivity contribution in [3.8, 4) is 17.2 Å². The first-order valence-corrected chi connectivity index (χ1v) is 6.81. The molecule has 1 aromatic rings. The number of Topliss-reactive ketones (excluding diaryl/α,β-unsaturated/α-hetero) is 1. The summed E-state index contributed by atoms with van der Waals surface area (Å²) in [6, 6.07) is 2.38. The van der Waals surface area contributed by atoms with Gasteiger partial charge in [-0.15, -0.1) is 0 Å². The Hall–Kier alpha value is -1.91. The maximum atomic E-state index is 11.3. The number of hydrogen-bond donors (Lipinski definition) is 6. The van der Waals surface area contributed by atoms with Gasteiger partial charge in [-0.2, -0.15) is 0 Å². The standard InChI is InChI=1S/C14H18O9/c1-5(16)6-2-3-7(10(18)9(6)17)22-14-13(21)12(20)11(19)8(4-15)23-14/h2-3,8,11-15,17-21H,4H2,1H3/t8-,11-,12+,13-,14-/m1/s1. The summed E-state index contributed by atoms with van der Waals surface area (Å²) in [4.78, 5) is 11.3. The minimum absolute atomic E-state index is 0.122. The van der Waals surface area contributed by atoms with Crippen molar-refractivity contribution in [1.82, 2.24) is 0 Å². The number of hydrogen-bond acceptors (Lipinski definition) is 9. The number of rotatable bonds is 4. The van der Waals surface area contributed by atoms with E-state index in [2.05, 4.69) is 0 Å². The molecule has 6 N–H and O–H groups in total. The molecule has 1 aliphatic heterocycles. The fourth-order valence-electron chi connectivity index (χ4n) is 2.23. The lowest BCUT2D eigenvalue weighted by atomic mass is 9.99. The van der Waals surface area contributed by atoms with Crippen LogP contribution in [0.15, 0.2) is 12.1 Å². The fraction of sp³-hybridized carbons (Fsp3) is 0.500. The number of benzene rings is 1. The third-order valence-corrected chi connectivity index (χ3v) is 3.59. The van der Waals surface area contributed by atoms with Crippen LogP contribution in [0.4, 0.5) is 0 Å². The van der Waals surface area contributed by atoms with Gasteiger partial charge in [-0.1, -0.05) is 0 Å². The molecule has 0 saturated carbocycles. The molecule has 0 unspecified atom stereocenters. The lowest BCUT2D eigenvalue weighted by Gasteiger charge is -2.39. The molecule has 9 nitrogen and oxygen atoms in total. The van der Waals surface area contributed by atoms with Crippen molar-refractivity contribution in [2.75, 3.05) is 6.61 Å². The predicted molar refractivity (Wildman–Crippen MR) is 74.2 cm³/mol.